The Balaban J connectivity index is 2.03. The Kier molecular flexibility index (Phi) is 4.82. The van der Waals surface area contributed by atoms with E-state index in [2.05, 4.69) is 5.10 Å². The molecule has 1 heterocycles. The monoisotopic (exact) mass is 388 g/mol. The minimum atomic E-state index is -5.02. The van der Waals surface area contributed by atoms with Gasteiger partial charge < -0.3 is 5.11 Å². The van der Waals surface area contributed by atoms with Crippen LogP contribution in [-0.4, -0.2) is 33.6 Å². The summed E-state index contributed by atoms with van der Waals surface area (Å²) in [5, 5.41) is 15.2. The molecular formula is C18H20ClF3N2O2. The standard InChI is InChI=1S/C18H20ClF3N2O2/c1-3-11-4-7-15-13(9-11)17(26,18(20,21)22)24(23-15)16(25)12-5-6-14(19)10(2)8-12/h5-6,8,11,13,26H,3-4,7,9H2,1-2H3/t11-,13-,17-/m1/s1. The number of benzene rings is 1. The fraction of sp³-hybridized carbons (Fsp3) is 0.556. The molecule has 0 radical (unpaired) electrons. The van der Waals surface area contributed by atoms with Crippen molar-refractivity contribution in [2.45, 2.75) is 51.4 Å². The molecule has 4 nitrogen and oxygen atoms in total. The van der Waals surface area contributed by atoms with Crippen LogP contribution in [0.3, 0.4) is 0 Å². The Hall–Kier alpha value is -1.60. The van der Waals surface area contributed by atoms with Crippen molar-refractivity contribution in [3.63, 3.8) is 0 Å². The highest BCUT2D eigenvalue weighted by atomic mass is 35.5. The van der Waals surface area contributed by atoms with Gasteiger partial charge in [0, 0.05) is 16.3 Å². The summed E-state index contributed by atoms with van der Waals surface area (Å²) in [6.07, 6.45) is -3.07. The van der Waals surface area contributed by atoms with Crippen LogP contribution in [0.1, 0.15) is 48.5 Å². The Morgan fingerprint density at radius 1 is 1.46 bits per heavy atom. The van der Waals surface area contributed by atoms with Crippen molar-refractivity contribution in [2.75, 3.05) is 0 Å². The maximum atomic E-state index is 13.9. The molecule has 1 aliphatic heterocycles. The number of rotatable bonds is 2. The lowest BCUT2D eigenvalue weighted by molar-refractivity contribution is -0.313. The Bertz CT molecular complexity index is 765. The molecule has 26 heavy (non-hydrogen) atoms. The molecule has 1 amide bonds. The van der Waals surface area contributed by atoms with Gasteiger partial charge in [-0.15, -0.1) is 0 Å². The van der Waals surface area contributed by atoms with Gasteiger partial charge in [-0.1, -0.05) is 24.9 Å². The Morgan fingerprint density at radius 3 is 2.73 bits per heavy atom. The minimum Gasteiger partial charge on any atom is -0.362 e. The summed E-state index contributed by atoms with van der Waals surface area (Å²) >= 11 is 5.92. The number of aliphatic hydroxyl groups is 1. The largest absolute Gasteiger partial charge is 0.439 e. The fourth-order valence-corrected chi connectivity index (χ4v) is 3.89. The lowest BCUT2D eigenvalue weighted by Gasteiger charge is -2.39. The van der Waals surface area contributed by atoms with Gasteiger partial charge >= 0.3 is 6.18 Å². The first-order chi connectivity index (χ1) is 12.1. The molecule has 0 aromatic heterocycles. The van der Waals surface area contributed by atoms with Gasteiger partial charge in [-0.2, -0.15) is 23.3 Å². The van der Waals surface area contributed by atoms with Gasteiger partial charge in [0.2, 0.25) is 0 Å². The van der Waals surface area contributed by atoms with E-state index in [0.717, 1.165) is 6.42 Å². The zero-order valence-corrected chi connectivity index (χ0v) is 15.2. The molecule has 1 aliphatic carbocycles. The number of hydrogen-bond donors (Lipinski definition) is 1. The molecule has 0 unspecified atom stereocenters. The number of nitrogens with zero attached hydrogens (tertiary/aromatic N) is 2. The first-order valence-electron chi connectivity index (χ1n) is 8.56. The van der Waals surface area contributed by atoms with Crippen molar-refractivity contribution >= 4 is 23.2 Å². The third-order valence-electron chi connectivity index (χ3n) is 5.41. The third kappa shape index (κ3) is 2.91. The van der Waals surface area contributed by atoms with Gasteiger partial charge in [-0.3, -0.25) is 4.79 Å². The van der Waals surface area contributed by atoms with E-state index >= 15 is 0 Å². The number of carbonyl (C=O) groups excluding carboxylic acids is 1. The summed E-state index contributed by atoms with van der Waals surface area (Å²) in [4.78, 5) is 12.8. The summed E-state index contributed by atoms with van der Waals surface area (Å²) in [5.74, 6) is -2.14. The van der Waals surface area contributed by atoms with Crippen LogP contribution in [-0.2, 0) is 0 Å². The van der Waals surface area contributed by atoms with Gasteiger partial charge in [-0.05, 0) is 55.9 Å². The quantitative estimate of drug-likeness (QED) is 0.808. The predicted octanol–water partition coefficient (Wildman–Crippen LogP) is 4.54. The number of halogens is 4. The summed E-state index contributed by atoms with van der Waals surface area (Å²) in [6, 6.07) is 4.18. The summed E-state index contributed by atoms with van der Waals surface area (Å²) < 4.78 is 41.6. The molecule has 1 aromatic carbocycles. The van der Waals surface area contributed by atoms with Crippen LogP contribution >= 0.6 is 11.6 Å². The minimum absolute atomic E-state index is 0.00427. The van der Waals surface area contributed by atoms with Crippen molar-refractivity contribution in [1.29, 1.82) is 0 Å². The number of fused-ring (bicyclic) bond motifs is 1. The number of aryl methyl sites for hydroxylation is 1. The Morgan fingerprint density at radius 2 is 2.15 bits per heavy atom. The number of carbonyl (C=O) groups is 1. The van der Waals surface area contributed by atoms with Crippen molar-refractivity contribution in [3.05, 3.63) is 34.3 Å². The maximum Gasteiger partial charge on any atom is 0.439 e. The molecule has 2 aliphatic rings. The van der Waals surface area contributed by atoms with Crippen molar-refractivity contribution in [2.24, 2.45) is 16.9 Å². The van der Waals surface area contributed by atoms with Gasteiger partial charge in [0.05, 0.1) is 5.92 Å². The average Bonchev–Trinajstić information content (AvgIpc) is 2.90. The normalized spacial score (nSPS) is 28.7. The topological polar surface area (TPSA) is 52.9 Å². The van der Waals surface area contributed by atoms with Crippen molar-refractivity contribution in [1.82, 2.24) is 5.01 Å². The number of hydrazone groups is 1. The lowest BCUT2D eigenvalue weighted by atomic mass is 9.74. The molecule has 1 N–H and O–H groups in total. The summed E-state index contributed by atoms with van der Waals surface area (Å²) in [6.45, 7) is 3.56. The second-order valence-corrected chi connectivity index (χ2v) is 7.40. The average molecular weight is 389 g/mol. The molecule has 1 saturated carbocycles. The highest BCUT2D eigenvalue weighted by Gasteiger charge is 2.68. The molecule has 1 fully saturated rings. The molecule has 0 bridgehead atoms. The highest BCUT2D eigenvalue weighted by Crippen LogP contribution is 2.50. The van der Waals surface area contributed by atoms with E-state index in [9.17, 15) is 23.1 Å². The first kappa shape index (κ1) is 19.2. The first-order valence-corrected chi connectivity index (χ1v) is 8.94. The smallest absolute Gasteiger partial charge is 0.362 e. The predicted molar refractivity (Wildman–Crippen MR) is 91.9 cm³/mol. The number of alkyl halides is 3. The fourth-order valence-electron chi connectivity index (χ4n) is 3.77. The van der Waals surface area contributed by atoms with E-state index in [-0.39, 0.29) is 28.6 Å². The second kappa shape index (κ2) is 6.53. The van der Waals surface area contributed by atoms with Crippen LogP contribution in [0.2, 0.25) is 5.02 Å². The zero-order chi connectivity index (χ0) is 19.3. The van der Waals surface area contributed by atoms with Crippen LogP contribution in [0, 0.1) is 18.8 Å². The molecule has 3 atom stereocenters. The van der Waals surface area contributed by atoms with E-state index in [1.807, 2.05) is 6.92 Å². The summed E-state index contributed by atoms with van der Waals surface area (Å²) in [7, 11) is 0. The second-order valence-electron chi connectivity index (χ2n) is 7.00. The molecular weight excluding hydrogens is 369 g/mol. The van der Waals surface area contributed by atoms with Gasteiger partial charge in [0.25, 0.3) is 11.6 Å². The van der Waals surface area contributed by atoms with E-state index in [1.165, 1.54) is 18.2 Å². The van der Waals surface area contributed by atoms with Crippen LogP contribution < -0.4 is 0 Å². The van der Waals surface area contributed by atoms with Gasteiger partial charge in [0.15, 0.2) is 0 Å². The zero-order valence-electron chi connectivity index (χ0n) is 14.5. The number of hydrogen-bond acceptors (Lipinski definition) is 3. The van der Waals surface area contributed by atoms with E-state index < -0.39 is 23.7 Å². The van der Waals surface area contributed by atoms with Gasteiger partial charge in [-0.25, -0.2) is 0 Å². The van der Waals surface area contributed by atoms with Crippen LogP contribution in [0.25, 0.3) is 0 Å². The molecule has 3 rings (SSSR count). The number of amides is 1. The van der Waals surface area contributed by atoms with E-state index in [4.69, 9.17) is 11.6 Å². The molecule has 142 valence electrons. The molecule has 0 saturated heterocycles. The molecule has 1 aromatic rings. The lowest BCUT2D eigenvalue weighted by Crippen LogP contribution is -2.61. The molecule has 0 spiro atoms. The van der Waals surface area contributed by atoms with Crippen molar-refractivity contribution < 1.29 is 23.1 Å². The highest BCUT2D eigenvalue weighted by molar-refractivity contribution is 6.31. The van der Waals surface area contributed by atoms with E-state index in [0.29, 0.717) is 23.4 Å². The van der Waals surface area contributed by atoms with Crippen LogP contribution in [0.15, 0.2) is 23.3 Å². The maximum absolute atomic E-state index is 13.9. The van der Waals surface area contributed by atoms with E-state index in [1.54, 1.807) is 6.92 Å². The van der Waals surface area contributed by atoms with Gasteiger partial charge in [0.1, 0.15) is 0 Å². The van der Waals surface area contributed by atoms with Crippen LogP contribution in [0.4, 0.5) is 13.2 Å². The van der Waals surface area contributed by atoms with Crippen molar-refractivity contribution in [3.8, 4) is 0 Å². The SMILES string of the molecule is CC[C@@H]1CCC2=NN(C(=O)c3ccc(Cl)c(C)c3)[C@](O)(C(F)(F)F)[C@@H]2C1. The van der Waals surface area contributed by atoms with Crippen LogP contribution in [0.5, 0.6) is 0 Å². The summed E-state index contributed by atoms with van der Waals surface area (Å²) in [5.41, 5.74) is -2.51. The molecule has 8 heteroatoms. The Labute approximate surface area is 154 Å². The third-order valence-corrected chi connectivity index (χ3v) is 5.83.